The molecule has 0 aliphatic rings. The Kier molecular flexibility index (Phi) is 4.40. The van der Waals surface area contributed by atoms with E-state index in [0.717, 1.165) is 22.4 Å². The number of aromatic amines is 1. The van der Waals surface area contributed by atoms with Crippen molar-refractivity contribution in [3.8, 4) is 11.3 Å². The van der Waals surface area contributed by atoms with Crippen molar-refractivity contribution < 1.29 is 4.79 Å². The summed E-state index contributed by atoms with van der Waals surface area (Å²) in [6.07, 6.45) is 0. The van der Waals surface area contributed by atoms with E-state index < -0.39 is 0 Å². The van der Waals surface area contributed by atoms with Crippen molar-refractivity contribution in [1.82, 2.24) is 10.2 Å². The molecule has 3 rings (SSSR count). The first kappa shape index (κ1) is 16.3. The molecule has 1 heterocycles. The number of benzene rings is 2. The second-order valence-electron chi connectivity index (χ2n) is 5.91. The molecular formula is C19H18ClN3O. The fourth-order valence-electron chi connectivity index (χ4n) is 2.79. The number of amides is 1. The van der Waals surface area contributed by atoms with Gasteiger partial charge in [0.15, 0.2) is 0 Å². The van der Waals surface area contributed by atoms with Crippen LogP contribution in [-0.2, 0) is 0 Å². The van der Waals surface area contributed by atoms with Gasteiger partial charge in [-0.1, -0.05) is 41.4 Å². The number of hydrogen-bond donors (Lipinski definition) is 2. The summed E-state index contributed by atoms with van der Waals surface area (Å²) in [5.41, 5.74) is 6.04. The SMILES string of the molecule is Cc1cc(C)c(NC(=O)c2cc(-c3cccc(Cl)c3)n[nH]2)c(C)c1. The second-order valence-corrected chi connectivity index (χ2v) is 6.34. The zero-order chi connectivity index (χ0) is 17.3. The molecule has 0 saturated carbocycles. The minimum atomic E-state index is -0.217. The fourth-order valence-corrected chi connectivity index (χ4v) is 2.98. The smallest absolute Gasteiger partial charge is 0.273 e. The molecule has 0 atom stereocenters. The van der Waals surface area contributed by atoms with Gasteiger partial charge in [0.2, 0.25) is 0 Å². The molecule has 0 aliphatic carbocycles. The average molecular weight is 340 g/mol. The summed E-state index contributed by atoms with van der Waals surface area (Å²) in [5.74, 6) is -0.217. The van der Waals surface area contributed by atoms with Crippen LogP contribution in [0.2, 0.25) is 5.02 Å². The van der Waals surface area contributed by atoms with E-state index in [1.54, 1.807) is 12.1 Å². The van der Waals surface area contributed by atoms with Crippen LogP contribution < -0.4 is 5.32 Å². The highest BCUT2D eigenvalue weighted by atomic mass is 35.5. The number of halogens is 1. The topological polar surface area (TPSA) is 57.8 Å². The molecule has 2 N–H and O–H groups in total. The third kappa shape index (κ3) is 3.34. The molecule has 4 nitrogen and oxygen atoms in total. The van der Waals surface area contributed by atoms with Crippen LogP contribution in [0.3, 0.4) is 0 Å². The molecule has 0 aliphatic heterocycles. The van der Waals surface area contributed by atoms with E-state index in [4.69, 9.17) is 11.6 Å². The lowest BCUT2D eigenvalue weighted by molar-refractivity contribution is 0.102. The molecule has 1 aromatic heterocycles. The Morgan fingerprint density at radius 2 is 1.79 bits per heavy atom. The molecule has 0 spiro atoms. The van der Waals surface area contributed by atoms with Gasteiger partial charge < -0.3 is 5.32 Å². The number of carbonyl (C=O) groups excluding carboxylic acids is 1. The van der Waals surface area contributed by atoms with Crippen LogP contribution in [0.1, 0.15) is 27.2 Å². The zero-order valence-electron chi connectivity index (χ0n) is 13.8. The lowest BCUT2D eigenvalue weighted by Gasteiger charge is -2.12. The molecule has 0 saturated heterocycles. The van der Waals surface area contributed by atoms with Gasteiger partial charge in [0.05, 0.1) is 5.69 Å². The van der Waals surface area contributed by atoms with Gasteiger partial charge in [-0.05, 0) is 50.1 Å². The van der Waals surface area contributed by atoms with Crippen LogP contribution in [0.25, 0.3) is 11.3 Å². The maximum atomic E-state index is 12.5. The molecule has 3 aromatic rings. The summed E-state index contributed by atoms with van der Waals surface area (Å²) in [6.45, 7) is 6.01. The highest BCUT2D eigenvalue weighted by molar-refractivity contribution is 6.30. The monoisotopic (exact) mass is 339 g/mol. The lowest BCUT2D eigenvalue weighted by atomic mass is 10.0. The van der Waals surface area contributed by atoms with Crippen LogP contribution in [0.5, 0.6) is 0 Å². The predicted octanol–water partition coefficient (Wildman–Crippen LogP) is 4.91. The number of H-pyrrole nitrogens is 1. The van der Waals surface area contributed by atoms with Gasteiger partial charge in [-0.15, -0.1) is 0 Å². The maximum Gasteiger partial charge on any atom is 0.273 e. The maximum absolute atomic E-state index is 12.5. The Morgan fingerprint density at radius 3 is 2.46 bits per heavy atom. The van der Waals surface area contributed by atoms with Crippen molar-refractivity contribution in [2.45, 2.75) is 20.8 Å². The number of nitrogens with zero attached hydrogens (tertiary/aromatic N) is 1. The molecule has 0 bridgehead atoms. The minimum absolute atomic E-state index is 0.217. The van der Waals surface area contributed by atoms with Gasteiger partial charge in [0.25, 0.3) is 5.91 Å². The Labute approximate surface area is 145 Å². The number of anilines is 1. The van der Waals surface area contributed by atoms with Crippen molar-refractivity contribution in [3.05, 3.63) is 69.9 Å². The molecule has 0 radical (unpaired) electrons. The summed E-state index contributed by atoms with van der Waals surface area (Å²) >= 11 is 6.00. The van der Waals surface area contributed by atoms with E-state index >= 15 is 0 Å². The van der Waals surface area contributed by atoms with Gasteiger partial charge in [-0.25, -0.2) is 0 Å². The average Bonchev–Trinajstić information content (AvgIpc) is 3.00. The van der Waals surface area contributed by atoms with Crippen molar-refractivity contribution in [2.75, 3.05) is 5.32 Å². The molecule has 0 fully saturated rings. The van der Waals surface area contributed by atoms with Gasteiger partial charge in [-0.3, -0.25) is 9.89 Å². The van der Waals surface area contributed by atoms with E-state index in [1.807, 2.05) is 51.1 Å². The molecule has 122 valence electrons. The quantitative estimate of drug-likeness (QED) is 0.712. The Morgan fingerprint density at radius 1 is 1.08 bits per heavy atom. The number of aromatic nitrogens is 2. The van der Waals surface area contributed by atoms with Crippen LogP contribution >= 0.6 is 11.6 Å². The summed E-state index contributed by atoms with van der Waals surface area (Å²) in [5, 5.41) is 10.6. The minimum Gasteiger partial charge on any atom is -0.320 e. The highest BCUT2D eigenvalue weighted by Crippen LogP contribution is 2.24. The van der Waals surface area contributed by atoms with E-state index in [-0.39, 0.29) is 5.91 Å². The molecule has 1 amide bonds. The molecule has 5 heteroatoms. The van der Waals surface area contributed by atoms with E-state index in [1.165, 1.54) is 5.56 Å². The summed E-state index contributed by atoms with van der Waals surface area (Å²) in [6, 6.07) is 13.2. The number of hydrogen-bond acceptors (Lipinski definition) is 2. The van der Waals surface area contributed by atoms with Crippen LogP contribution in [-0.4, -0.2) is 16.1 Å². The first-order valence-corrected chi connectivity index (χ1v) is 8.02. The van der Waals surface area contributed by atoms with Crippen molar-refractivity contribution in [2.24, 2.45) is 0 Å². The summed E-state index contributed by atoms with van der Waals surface area (Å²) in [4.78, 5) is 12.5. The molecule has 2 aromatic carbocycles. The van der Waals surface area contributed by atoms with Gasteiger partial charge in [-0.2, -0.15) is 5.10 Å². The van der Waals surface area contributed by atoms with Crippen LogP contribution in [0, 0.1) is 20.8 Å². The number of rotatable bonds is 3. The molecule has 0 unspecified atom stereocenters. The van der Waals surface area contributed by atoms with Gasteiger partial charge >= 0.3 is 0 Å². The van der Waals surface area contributed by atoms with Gasteiger partial charge in [0, 0.05) is 16.3 Å². The van der Waals surface area contributed by atoms with E-state index in [9.17, 15) is 4.79 Å². The van der Waals surface area contributed by atoms with Crippen molar-refractivity contribution in [1.29, 1.82) is 0 Å². The Hall–Kier alpha value is -2.59. The lowest BCUT2D eigenvalue weighted by Crippen LogP contribution is -2.14. The number of nitrogens with one attached hydrogen (secondary N) is 2. The van der Waals surface area contributed by atoms with Crippen LogP contribution in [0.15, 0.2) is 42.5 Å². The normalized spacial score (nSPS) is 10.7. The van der Waals surface area contributed by atoms with Crippen molar-refractivity contribution in [3.63, 3.8) is 0 Å². The van der Waals surface area contributed by atoms with Gasteiger partial charge in [0.1, 0.15) is 5.69 Å². The Balaban J connectivity index is 1.85. The molecule has 24 heavy (non-hydrogen) atoms. The number of carbonyl (C=O) groups is 1. The largest absolute Gasteiger partial charge is 0.320 e. The Bertz CT molecular complexity index is 891. The summed E-state index contributed by atoms with van der Waals surface area (Å²) in [7, 11) is 0. The third-order valence-electron chi connectivity index (χ3n) is 3.86. The highest BCUT2D eigenvalue weighted by Gasteiger charge is 2.14. The standard InChI is InChI=1S/C19H18ClN3O/c1-11-7-12(2)18(13(3)8-11)21-19(24)17-10-16(22-23-17)14-5-4-6-15(20)9-14/h4-10H,1-3H3,(H,21,24)(H,22,23). The van der Waals surface area contributed by atoms with Crippen molar-refractivity contribution >= 4 is 23.2 Å². The second kappa shape index (κ2) is 6.49. The number of aryl methyl sites for hydroxylation is 3. The zero-order valence-corrected chi connectivity index (χ0v) is 14.5. The van der Waals surface area contributed by atoms with E-state index in [0.29, 0.717) is 16.4 Å². The summed E-state index contributed by atoms with van der Waals surface area (Å²) < 4.78 is 0. The van der Waals surface area contributed by atoms with Crippen LogP contribution in [0.4, 0.5) is 5.69 Å². The first-order chi connectivity index (χ1) is 11.4. The fraction of sp³-hybridized carbons (Fsp3) is 0.158. The first-order valence-electron chi connectivity index (χ1n) is 7.64. The third-order valence-corrected chi connectivity index (χ3v) is 4.09. The van der Waals surface area contributed by atoms with E-state index in [2.05, 4.69) is 15.5 Å². The predicted molar refractivity (Wildman–Crippen MR) is 97.6 cm³/mol. The molecular weight excluding hydrogens is 322 g/mol.